The molecule has 2 rings (SSSR count). The first-order valence-corrected chi connectivity index (χ1v) is 8.26. The van der Waals surface area contributed by atoms with E-state index in [9.17, 15) is 4.79 Å². The summed E-state index contributed by atoms with van der Waals surface area (Å²) in [7, 11) is 0. The minimum atomic E-state index is 0.157. The zero-order chi connectivity index (χ0) is 14.7. The Morgan fingerprint density at radius 3 is 1.85 bits per heavy atom. The van der Waals surface area contributed by atoms with Crippen molar-refractivity contribution in [2.75, 3.05) is 0 Å². The van der Waals surface area contributed by atoms with E-state index in [1.54, 1.807) is 0 Å². The summed E-state index contributed by atoms with van der Waals surface area (Å²) in [6, 6.07) is 14.2. The van der Waals surface area contributed by atoms with Crippen molar-refractivity contribution in [1.29, 1.82) is 0 Å². The topological polar surface area (TPSA) is 17.1 Å². The van der Waals surface area contributed by atoms with Gasteiger partial charge < -0.3 is 0 Å². The normalized spacial score (nSPS) is 13.8. The van der Waals surface area contributed by atoms with E-state index in [4.69, 9.17) is 0 Å². The molecule has 0 radical (unpaired) electrons. The molecule has 0 amide bonds. The molecule has 2 aromatic carbocycles. The number of carbonyl (C=O) groups is 1. The molecule has 20 heavy (non-hydrogen) atoms. The van der Waals surface area contributed by atoms with Crippen LogP contribution in [0.15, 0.2) is 42.5 Å². The van der Waals surface area contributed by atoms with E-state index in [1.165, 1.54) is 16.7 Å². The average Bonchev–Trinajstić information content (AvgIpc) is 2.45. The second kappa shape index (κ2) is 6.68. The lowest BCUT2D eigenvalue weighted by molar-refractivity contribution is 0.112. The van der Waals surface area contributed by atoms with Gasteiger partial charge in [-0.3, -0.25) is 4.79 Å². The second-order valence-electron chi connectivity index (χ2n) is 5.01. The van der Waals surface area contributed by atoms with Gasteiger partial charge in [-0.2, -0.15) is 0 Å². The first-order valence-electron chi connectivity index (χ1n) is 6.42. The Labute approximate surface area is 136 Å². The van der Waals surface area contributed by atoms with Gasteiger partial charge in [0.05, 0.1) is 9.65 Å². The highest BCUT2D eigenvalue weighted by Gasteiger charge is 2.20. The molecule has 0 aliphatic rings. The largest absolute Gasteiger partial charge is 0.298 e. The summed E-state index contributed by atoms with van der Waals surface area (Å²) in [6.07, 6.45) is 0.864. The molecule has 2 unspecified atom stereocenters. The van der Waals surface area contributed by atoms with Crippen LogP contribution in [-0.2, 0) is 0 Å². The summed E-state index contributed by atoms with van der Waals surface area (Å²) >= 11 is 7.52. The van der Waals surface area contributed by atoms with Crippen LogP contribution in [0.5, 0.6) is 0 Å². The van der Waals surface area contributed by atoms with Crippen LogP contribution < -0.4 is 0 Å². The average molecular weight is 396 g/mol. The Morgan fingerprint density at radius 1 is 0.850 bits per heavy atom. The van der Waals surface area contributed by atoms with Crippen molar-refractivity contribution in [3.8, 4) is 0 Å². The van der Waals surface area contributed by atoms with Crippen molar-refractivity contribution in [1.82, 2.24) is 0 Å². The van der Waals surface area contributed by atoms with E-state index < -0.39 is 0 Å². The lowest BCUT2D eigenvalue weighted by Gasteiger charge is -2.19. The molecule has 0 aliphatic heterocycles. The predicted octanol–water partition coefficient (Wildman–Crippen LogP) is 5.69. The minimum Gasteiger partial charge on any atom is -0.298 e. The van der Waals surface area contributed by atoms with E-state index in [1.807, 2.05) is 24.3 Å². The minimum absolute atomic E-state index is 0.157. The highest BCUT2D eigenvalue weighted by atomic mass is 79.9. The quantitative estimate of drug-likeness (QED) is 0.480. The molecule has 0 heterocycles. The molecule has 0 fully saturated rings. The zero-order valence-electron chi connectivity index (χ0n) is 11.4. The molecule has 3 heteroatoms. The standard InChI is InChI=1S/C17H16Br2O/c1-11-7-12(2)9-15(8-11)17(19)16(18)14-5-3-13(10-20)4-6-14/h3-10,16-17H,1-2H3. The highest BCUT2D eigenvalue weighted by molar-refractivity contribution is 9.12. The monoisotopic (exact) mass is 394 g/mol. The molecule has 0 spiro atoms. The Hall–Kier alpha value is -0.930. The van der Waals surface area contributed by atoms with E-state index in [0.29, 0.717) is 5.56 Å². The number of carbonyl (C=O) groups excluding carboxylic acids is 1. The van der Waals surface area contributed by atoms with Crippen LogP contribution in [0.3, 0.4) is 0 Å². The molecular formula is C17H16Br2O. The molecule has 0 aliphatic carbocycles. The smallest absolute Gasteiger partial charge is 0.150 e. The summed E-state index contributed by atoms with van der Waals surface area (Å²) < 4.78 is 0. The fourth-order valence-electron chi connectivity index (χ4n) is 2.27. The van der Waals surface area contributed by atoms with Crippen molar-refractivity contribution in [2.45, 2.75) is 23.5 Å². The number of rotatable bonds is 4. The second-order valence-corrected chi connectivity index (χ2v) is 6.98. The van der Waals surface area contributed by atoms with Crippen molar-refractivity contribution >= 4 is 38.1 Å². The van der Waals surface area contributed by atoms with E-state index >= 15 is 0 Å². The van der Waals surface area contributed by atoms with Crippen molar-refractivity contribution in [3.05, 3.63) is 70.3 Å². The van der Waals surface area contributed by atoms with Crippen LogP contribution in [0, 0.1) is 13.8 Å². The maximum Gasteiger partial charge on any atom is 0.150 e. The molecule has 0 saturated carbocycles. The molecule has 104 valence electrons. The maximum absolute atomic E-state index is 10.7. The molecule has 0 N–H and O–H groups in total. The molecule has 0 saturated heterocycles. The van der Waals surface area contributed by atoms with Crippen molar-refractivity contribution < 1.29 is 4.79 Å². The van der Waals surface area contributed by atoms with E-state index in [-0.39, 0.29) is 9.65 Å². The molecule has 0 aromatic heterocycles. The Morgan fingerprint density at radius 2 is 1.35 bits per heavy atom. The molecule has 2 aromatic rings. The van der Waals surface area contributed by atoms with Crippen molar-refractivity contribution in [3.63, 3.8) is 0 Å². The number of hydrogen-bond donors (Lipinski definition) is 0. The lowest BCUT2D eigenvalue weighted by Crippen LogP contribution is -2.00. The van der Waals surface area contributed by atoms with Crippen LogP contribution in [-0.4, -0.2) is 6.29 Å². The zero-order valence-corrected chi connectivity index (χ0v) is 14.6. The predicted molar refractivity (Wildman–Crippen MR) is 91.1 cm³/mol. The summed E-state index contributed by atoms with van der Waals surface area (Å²) in [5.41, 5.74) is 5.63. The summed E-state index contributed by atoms with van der Waals surface area (Å²) in [5, 5.41) is 0. The summed E-state index contributed by atoms with van der Waals surface area (Å²) in [5.74, 6) is 0. The summed E-state index contributed by atoms with van der Waals surface area (Å²) in [4.78, 5) is 11.0. The van der Waals surface area contributed by atoms with Gasteiger partial charge in [0.15, 0.2) is 0 Å². The van der Waals surface area contributed by atoms with Crippen LogP contribution in [0.4, 0.5) is 0 Å². The molecule has 1 nitrogen and oxygen atoms in total. The third kappa shape index (κ3) is 3.58. The Kier molecular flexibility index (Phi) is 5.17. The van der Waals surface area contributed by atoms with Gasteiger partial charge in [0.1, 0.15) is 6.29 Å². The summed E-state index contributed by atoms with van der Waals surface area (Å²) in [6.45, 7) is 4.22. The molecule has 0 bridgehead atoms. The third-order valence-electron chi connectivity index (χ3n) is 3.21. The fraction of sp³-hybridized carbons (Fsp3) is 0.235. The molecular weight excluding hydrogens is 380 g/mol. The van der Waals surface area contributed by atoms with Crippen molar-refractivity contribution in [2.24, 2.45) is 0 Å². The van der Waals surface area contributed by atoms with Gasteiger partial charge in [-0.15, -0.1) is 0 Å². The Bertz CT molecular complexity index is 585. The van der Waals surface area contributed by atoms with E-state index in [0.717, 1.165) is 11.8 Å². The van der Waals surface area contributed by atoms with Crippen LogP contribution in [0.2, 0.25) is 0 Å². The van der Waals surface area contributed by atoms with Gasteiger partial charge in [-0.1, -0.05) is 85.5 Å². The van der Waals surface area contributed by atoms with Gasteiger partial charge >= 0.3 is 0 Å². The molecule has 2 atom stereocenters. The number of halogens is 2. The number of hydrogen-bond acceptors (Lipinski definition) is 1. The highest BCUT2D eigenvalue weighted by Crippen LogP contribution is 2.42. The van der Waals surface area contributed by atoms with Gasteiger partial charge in [0.2, 0.25) is 0 Å². The van der Waals surface area contributed by atoms with Crippen LogP contribution in [0.1, 0.15) is 42.3 Å². The third-order valence-corrected chi connectivity index (χ3v) is 6.03. The van der Waals surface area contributed by atoms with Gasteiger partial charge in [-0.05, 0) is 25.0 Å². The number of benzene rings is 2. The number of alkyl halides is 2. The first-order chi connectivity index (χ1) is 9.51. The van der Waals surface area contributed by atoms with Gasteiger partial charge in [0.25, 0.3) is 0 Å². The van der Waals surface area contributed by atoms with Gasteiger partial charge in [-0.25, -0.2) is 0 Å². The van der Waals surface area contributed by atoms with Crippen LogP contribution >= 0.6 is 31.9 Å². The van der Waals surface area contributed by atoms with E-state index in [2.05, 4.69) is 63.9 Å². The first kappa shape index (κ1) is 15.5. The lowest BCUT2D eigenvalue weighted by atomic mass is 10.00. The number of aldehydes is 1. The Balaban J connectivity index is 2.26. The van der Waals surface area contributed by atoms with Gasteiger partial charge in [0, 0.05) is 5.56 Å². The SMILES string of the molecule is Cc1cc(C)cc(C(Br)C(Br)c2ccc(C=O)cc2)c1. The number of aryl methyl sites for hydroxylation is 2. The fourth-order valence-corrected chi connectivity index (χ4v) is 3.45. The van der Waals surface area contributed by atoms with Crippen LogP contribution in [0.25, 0.3) is 0 Å². The maximum atomic E-state index is 10.7.